The molecule has 0 radical (unpaired) electrons. The van der Waals surface area contributed by atoms with Crippen LogP contribution in [0.2, 0.25) is 0 Å². The molecule has 7 heteroatoms. The minimum absolute atomic E-state index is 0.0837. The molecule has 1 aromatic rings. The maximum absolute atomic E-state index is 11.5. The molecule has 0 atom stereocenters. The molecule has 2 amide bonds. The van der Waals surface area contributed by atoms with Crippen molar-refractivity contribution in [2.75, 3.05) is 0 Å². The zero-order valence-corrected chi connectivity index (χ0v) is 7.89. The van der Waals surface area contributed by atoms with E-state index in [2.05, 4.69) is 9.82 Å². The van der Waals surface area contributed by atoms with Gasteiger partial charge < -0.3 is 4.84 Å². The lowest BCUT2D eigenvalue weighted by Crippen LogP contribution is -2.30. The number of rotatable bonds is 1. The minimum atomic E-state index is -1.25. The van der Waals surface area contributed by atoms with Crippen LogP contribution in [0.15, 0.2) is 18.5 Å². The molecule has 76 valence electrons. The molecule has 1 aromatic heterocycles. The third-order valence-corrected chi connectivity index (χ3v) is 1.88. The van der Waals surface area contributed by atoms with Crippen LogP contribution in [0, 0.1) is 0 Å². The number of carbonyl (C=O) groups excluding carboxylic acids is 3. The maximum atomic E-state index is 11.5. The van der Waals surface area contributed by atoms with Gasteiger partial charge in [0.15, 0.2) is 0 Å². The number of hydrogen-bond acceptors (Lipinski definition) is 5. The monoisotopic (exact) mass is 226 g/mol. The molecular formula is C8H3ClN2O4. The van der Waals surface area contributed by atoms with Crippen molar-refractivity contribution in [3.63, 3.8) is 0 Å². The predicted octanol–water partition coefficient (Wildman–Crippen LogP) is 0.968. The fourth-order valence-electron chi connectivity index (χ4n) is 1.22. The van der Waals surface area contributed by atoms with E-state index < -0.39 is 17.2 Å². The molecule has 2 rings (SSSR count). The Balaban J connectivity index is 2.41. The van der Waals surface area contributed by atoms with Crippen molar-refractivity contribution in [2.45, 2.75) is 0 Å². The van der Waals surface area contributed by atoms with E-state index in [0.717, 1.165) is 0 Å². The largest absolute Gasteiger partial charge is 0.428 e. The van der Waals surface area contributed by atoms with E-state index in [4.69, 9.17) is 11.6 Å². The Morgan fingerprint density at radius 2 is 2.00 bits per heavy atom. The smallest absolute Gasteiger partial charge is 0.314 e. The van der Waals surface area contributed by atoms with Crippen LogP contribution in [0.4, 0.5) is 4.79 Å². The summed E-state index contributed by atoms with van der Waals surface area (Å²) in [6.07, 6.45) is 2.58. The number of aromatic nitrogens is 1. The summed E-state index contributed by atoms with van der Waals surface area (Å²) in [6, 6.07) is 1.36. The van der Waals surface area contributed by atoms with Gasteiger partial charge in [0.05, 0.1) is 11.1 Å². The Morgan fingerprint density at radius 3 is 2.60 bits per heavy atom. The van der Waals surface area contributed by atoms with Crippen molar-refractivity contribution in [2.24, 2.45) is 0 Å². The van der Waals surface area contributed by atoms with Crippen LogP contribution in [0.1, 0.15) is 20.7 Å². The van der Waals surface area contributed by atoms with Crippen LogP contribution in [0.25, 0.3) is 0 Å². The van der Waals surface area contributed by atoms with Crippen molar-refractivity contribution in [3.8, 4) is 0 Å². The number of amides is 2. The number of carbonyl (C=O) groups is 3. The highest BCUT2D eigenvalue weighted by Gasteiger charge is 2.38. The number of nitrogens with zero attached hydrogens (tertiary/aromatic N) is 2. The molecule has 0 aliphatic carbocycles. The van der Waals surface area contributed by atoms with Crippen molar-refractivity contribution < 1.29 is 19.2 Å². The molecule has 0 saturated carbocycles. The molecule has 0 fully saturated rings. The van der Waals surface area contributed by atoms with E-state index in [1.165, 1.54) is 18.5 Å². The van der Waals surface area contributed by atoms with Crippen LogP contribution >= 0.6 is 11.6 Å². The van der Waals surface area contributed by atoms with Gasteiger partial charge in [0, 0.05) is 24.0 Å². The molecule has 1 aliphatic heterocycles. The Kier molecular flexibility index (Phi) is 2.12. The molecule has 0 spiro atoms. The van der Waals surface area contributed by atoms with Crippen LogP contribution in [-0.4, -0.2) is 27.3 Å². The summed E-state index contributed by atoms with van der Waals surface area (Å²) < 4.78 is 0. The Bertz CT molecular complexity index is 438. The molecule has 15 heavy (non-hydrogen) atoms. The predicted molar refractivity (Wildman–Crippen MR) is 47.1 cm³/mol. The maximum Gasteiger partial charge on any atom is 0.428 e. The number of hydroxylamine groups is 2. The van der Waals surface area contributed by atoms with Crippen LogP contribution in [0.3, 0.4) is 0 Å². The number of hydrogen-bond donors (Lipinski definition) is 0. The molecule has 2 heterocycles. The van der Waals surface area contributed by atoms with Crippen molar-refractivity contribution in [3.05, 3.63) is 29.6 Å². The van der Waals surface area contributed by atoms with Crippen molar-refractivity contribution in [1.82, 2.24) is 10.0 Å². The number of fused-ring (bicyclic) bond motifs is 1. The molecule has 0 saturated heterocycles. The standard InChI is InChI=1S/C8H3ClN2O4/c9-8(14)15-11-6(12)4-1-2-10-3-5(4)7(11)13/h1-3H. The van der Waals surface area contributed by atoms with Gasteiger partial charge in [-0.15, -0.1) is 0 Å². The van der Waals surface area contributed by atoms with Crippen LogP contribution < -0.4 is 0 Å². The molecular weight excluding hydrogens is 224 g/mol. The van der Waals surface area contributed by atoms with Crippen molar-refractivity contribution in [1.29, 1.82) is 0 Å². The fraction of sp³-hybridized carbons (Fsp3) is 0. The molecule has 0 bridgehead atoms. The lowest BCUT2D eigenvalue weighted by atomic mass is 10.2. The van der Waals surface area contributed by atoms with E-state index in [0.29, 0.717) is 5.06 Å². The summed E-state index contributed by atoms with van der Waals surface area (Å²) in [7, 11) is 0. The highest BCUT2D eigenvalue weighted by molar-refractivity contribution is 6.61. The number of imide groups is 1. The summed E-state index contributed by atoms with van der Waals surface area (Å²) >= 11 is 4.91. The zero-order chi connectivity index (χ0) is 11.0. The third kappa shape index (κ3) is 1.44. The molecule has 0 unspecified atom stereocenters. The van der Waals surface area contributed by atoms with Gasteiger partial charge in [-0.05, 0) is 6.07 Å². The lowest BCUT2D eigenvalue weighted by molar-refractivity contribution is -0.0355. The van der Waals surface area contributed by atoms with Crippen LogP contribution in [-0.2, 0) is 4.84 Å². The second-order valence-corrected chi connectivity index (χ2v) is 2.96. The van der Waals surface area contributed by atoms with Gasteiger partial charge in [-0.25, -0.2) is 4.79 Å². The van der Waals surface area contributed by atoms with E-state index in [-0.39, 0.29) is 11.1 Å². The Hall–Kier alpha value is -1.95. The topological polar surface area (TPSA) is 76.6 Å². The van der Waals surface area contributed by atoms with Gasteiger partial charge in [0.2, 0.25) is 0 Å². The first-order chi connectivity index (χ1) is 7.11. The molecule has 1 aliphatic rings. The van der Waals surface area contributed by atoms with E-state index in [1.807, 2.05) is 0 Å². The normalized spacial score (nSPS) is 14.1. The van der Waals surface area contributed by atoms with Gasteiger partial charge in [-0.2, -0.15) is 0 Å². The zero-order valence-electron chi connectivity index (χ0n) is 7.14. The lowest BCUT2D eigenvalue weighted by Gasteiger charge is -2.08. The average Bonchev–Trinajstić information content (AvgIpc) is 2.44. The first-order valence-electron chi connectivity index (χ1n) is 3.81. The van der Waals surface area contributed by atoms with Gasteiger partial charge in [-0.1, -0.05) is 5.06 Å². The average molecular weight is 227 g/mol. The van der Waals surface area contributed by atoms with Gasteiger partial charge in [0.25, 0.3) is 11.8 Å². The van der Waals surface area contributed by atoms with Gasteiger partial charge in [0.1, 0.15) is 0 Å². The highest BCUT2D eigenvalue weighted by atomic mass is 35.5. The second kappa shape index (κ2) is 3.32. The fourth-order valence-corrected chi connectivity index (χ4v) is 1.29. The van der Waals surface area contributed by atoms with Crippen LogP contribution in [0.5, 0.6) is 0 Å². The third-order valence-electron chi connectivity index (χ3n) is 1.81. The number of halogens is 1. The summed E-state index contributed by atoms with van der Waals surface area (Å²) in [6.45, 7) is 0. The quantitative estimate of drug-likeness (QED) is 0.527. The van der Waals surface area contributed by atoms with Gasteiger partial charge >= 0.3 is 5.43 Å². The molecule has 0 N–H and O–H groups in total. The first kappa shape index (κ1) is 9.60. The van der Waals surface area contributed by atoms with E-state index in [1.54, 1.807) is 0 Å². The summed E-state index contributed by atoms with van der Waals surface area (Å²) in [5.41, 5.74) is -1.04. The van der Waals surface area contributed by atoms with E-state index in [9.17, 15) is 14.4 Å². The number of pyridine rings is 1. The Morgan fingerprint density at radius 1 is 1.33 bits per heavy atom. The second-order valence-electron chi connectivity index (χ2n) is 2.65. The summed E-state index contributed by atoms with van der Waals surface area (Å²) in [4.78, 5) is 41.3. The van der Waals surface area contributed by atoms with E-state index >= 15 is 0 Å². The Labute approximate surface area is 88.4 Å². The molecule has 0 aromatic carbocycles. The molecule has 6 nitrogen and oxygen atoms in total. The summed E-state index contributed by atoms with van der Waals surface area (Å²) in [5, 5.41) is 0.307. The van der Waals surface area contributed by atoms with Crippen molar-refractivity contribution >= 4 is 28.8 Å². The first-order valence-corrected chi connectivity index (χ1v) is 4.19. The minimum Gasteiger partial charge on any atom is -0.314 e. The SMILES string of the molecule is O=C(Cl)ON1C(=O)c2ccncc2C1=O. The highest BCUT2D eigenvalue weighted by Crippen LogP contribution is 2.21. The summed E-state index contributed by atoms with van der Waals surface area (Å²) in [5.74, 6) is -1.48. The van der Waals surface area contributed by atoms with Gasteiger partial charge in [-0.3, -0.25) is 14.6 Å².